The molecular formula is C16H20N2S. The third kappa shape index (κ3) is 2.58. The fourth-order valence-electron chi connectivity index (χ4n) is 2.80. The maximum atomic E-state index is 4.24. The van der Waals surface area contributed by atoms with Crippen LogP contribution in [0.4, 0.5) is 0 Å². The molecule has 0 saturated heterocycles. The molecule has 1 atom stereocenters. The Labute approximate surface area is 118 Å². The Morgan fingerprint density at radius 3 is 2.84 bits per heavy atom. The zero-order valence-corrected chi connectivity index (χ0v) is 12.1. The molecule has 1 fully saturated rings. The van der Waals surface area contributed by atoms with Crippen molar-refractivity contribution in [2.24, 2.45) is 0 Å². The van der Waals surface area contributed by atoms with E-state index in [-0.39, 0.29) is 0 Å². The Balaban J connectivity index is 1.97. The molecule has 2 nitrogen and oxygen atoms in total. The summed E-state index contributed by atoms with van der Waals surface area (Å²) in [6.45, 7) is 3.14. The van der Waals surface area contributed by atoms with Crippen LogP contribution >= 0.6 is 11.3 Å². The van der Waals surface area contributed by atoms with Crippen molar-refractivity contribution in [1.82, 2.24) is 10.3 Å². The van der Waals surface area contributed by atoms with Gasteiger partial charge < -0.3 is 5.32 Å². The highest BCUT2D eigenvalue weighted by atomic mass is 32.1. The Bertz CT molecular complexity index is 517. The predicted octanol–water partition coefficient (Wildman–Crippen LogP) is 4.11. The minimum atomic E-state index is 0.300. The van der Waals surface area contributed by atoms with Gasteiger partial charge in [-0.05, 0) is 36.4 Å². The van der Waals surface area contributed by atoms with Crippen LogP contribution in [0.15, 0.2) is 36.0 Å². The summed E-state index contributed by atoms with van der Waals surface area (Å²) in [6, 6.07) is 9.22. The van der Waals surface area contributed by atoms with Gasteiger partial charge in [-0.3, -0.25) is 4.98 Å². The molecule has 1 aliphatic carbocycles. The van der Waals surface area contributed by atoms with Gasteiger partial charge in [0.2, 0.25) is 0 Å². The Morgan fingerprint density at radius 2 is 2.21 bits per heavy atom. The van der Waals surface area contributed by atoms with Crippen LogP contribution in [0.1, 0.15) is 54.1 Å². The lowest BCUT2D eigenvalue weighted by Gasteiger charge is -2.30. The molecule has 0 radical (unpaired) electrons. The van der Waals surface area contributed by atoms with E-state index in [0.717, 1.165) is 12.5 Å². The average Bonchev–Trinajstić information content (AvgIpc) is 2.88. The Morgan fingerprint density at radius 1 is 1.37 bits per heavy atom. The van der Waals surface area contributed by atoms with Crippen molar-refractivity contribution in [3.8, 4) is 0 Å². The monoisotopic (exact) mass is 272 g/mol. The minimum absolute atomic E-state index is 0.300. The van der Waals surface area contributed by atoms with Gasteiger partial charge in [0.05, 0.1) is 11.6 Å². The van der Waals surface area contributed by atoms with E-state index in [1.165, 1.54) is 35.3 Å². The third-order valence-corrected chi connectivity index (χ3v) is 4.84. The van der Waals surface area contributed by atoms with E-state index in [4.69, 9.17) is 0 Å². The summed E-state index contributed by atoms with van der Waals surface area (Å²) in [5.41, 5.74) is 4.90. The van der Waals surface area contributed by atoms with E-state index in [2.05, 4.69) is 41.5 Å². The average molecular weight is 272 g/mol. The van der Waals surface area contributed by atoms with Gasteiger partial charge in [0.1, 0.15) is 0 Å². The first kappa shape index (κ1) is 12.8. The van der Waals surface area contributed by atoms with Gasteiger partial charge in [-0.1, -0.05) is 37.6 Å². The van der Waals surface area contributed by atoms with Gasteiger partial charge in [0.15, 0.2) is 0 Å². The first-order chi connectivity index (χ1) is 9.40. The summed E-state index contributed by atoms with van der Waals surface area (Å²) >= 11 is 1.74. The molecule has 1 N–H and O–H groups in total. The lowest BCUT2D eigenvalue weighted by molar-refractivity contribution is 0.414. The second kappa shape index (κ2) is 5.85. The number of aromatic nitrogens is 1. The third-order valence-electron chi connectivity index (χ3n) is 4.00. The van der Waals surface area contributed by atoms with Crippen molar-refractivity contribution in [3.05, 3.63) is 52.0 Å². The van der Waals surface area contributed by atoms with E-state index in [9.17, 15) is 0 Å². The topological polar surface area (TPSA) is 24.9 Å². The highest BCUT2D eigenvalue weighted by molar-refractivity contribution is 7.09. The number of thiazole rings is 1. The summed E-state index contributed by atoms with van der Waals surface area (Å²) < 4.78 is 0. The summed E-state index contributed by atoms with van der Waals surface area (Å²) in [5, 5.41) is 3.62. The second-order valence-electron chi connectivity index (χ2n) is 5.15. The zero-order valence-electron chi connectivity index (χ0n) is 11.3. The van der Waals surface area contributed by atoms with Crippen LogP contribution < -0.4 is 5.32 Å². The van der Waals surface area contributed by atoms with Crippen LogP contribution in [0.5, 0.6) is 0 Å². The second-order valence-corrected chi connectivity index (χ2v) is 6.07. The quantitative estimate of drug-likeness (QED) is 0.886. The maximum Gasteiger partial charge on any atom is 0.0794 e. The van der Waals surface area contributed by atoms with Crippen molar-refractivity contribution < 1.29 is 0 Å². The van der Waals surface area contributed by atoms with Crippen molar-refractivity contribution in [1.29, 1.82) is 0 Å². The Kier molecular flexibility index (Phi) is 3.95. The first-order valence-corrected chi connectivity index (χ1v) is 7.98. The molecule has 0 spiro atoms. The summed E-state index contributed by atoms with van der Waals surface area (Å²) in [5.74, 6) is 0.769. The molecule has 19 heavy (non-hydrogen) atoms. The lowest BCUT2D eigenvalue weighted by atomic mass is 9.77. The molecule has 3 heteroatoms. The van der Waals surface area contributed by atoms with Crippen molar-refractivity contribution in [2.75, 3.05) is 6.54 Å². The van der Waals surface area contributed by atoms with Gasteiger partial charge in [0.25, 0.3) is 0 Å². The molecule has 1 aromatic heterocycles. The first-order valence-electron chi connectivity index (χ1n) is 7.10. The van der Waals surface area contributed by atoms with Crippen LogP contribution in [-0.4, -0.2) is 11.5 Å². The minimum Gasteiger partial charge on any atom is -0.306 e. The number of benzene rings is 1. The molecule has 0 amide bonds. The van der Waals surface area contributed by atoms with E-state index in [1.807, 2.05) is 11.7 Å². The molecule has 0 bridgehead atoms. The van der Waals surface area contributed by atoms with Gasteiger partial charge >= 0.3 is 0 Å². The van der Waals surface area contributed by atoms with E-state index in [0.29, 0.717) is 6.04 Å². The number of hydrogen-bond acceptors (Lipinski definition) is 3. The molecule has 1 heterocycles. The fraction of sp³-hybridized carbons (Fsp3) is 0.438. The molecule has 0 aliphatic heterocycles. The van der Waals surface area contributed by atoms with E-state index < -0.39 is 0 Å². The molecule has 100 valence electrons. The lowest BCUT2D eigenvalue weighted by Crippen LogP contribution is -2.24. The number of nitrogens with one attached hydrogen (secondary N) is 1. The smallest absolute Gasteiger partial charge is 0.0794 e. The predicted molar refractivity (Wildman–Crippen MR) is 80.7 cm³/mol. The number of nitrogens with zero attached hydrogens (tertiary/aromatic N) is 1. The molecule has 2 aromatic rings. The highest BCUT2D eigenvalue weighted by Gasteiger charge is 2.25. The van der Waals surface area contributed by atoms with Crippen LogP contribution in [0.25, 0.3) is 0 Å². The normalized spacial score (nSPS) is 17.1. The summed E-state index contributed by atoms with van der Waals surface area (Å²) in [6.07, 6.45) is 6.07. The molecule has 1 unspecified atom stereocenters. The fourth-order valence-corrected chi connectivity index (χ4v) is 3.51. The van der Waals surface area contributed by atoms with Crippen LogP contribution in [0.3, 0.4) is 0 Å². The standard InChI is InChI=1S/C16H20N2S/c1-2-18-16(15-10-17-11-19-15)14-9-4-3-8-13(14)12-6-5-7-12/h3-4,8-12,16,18H,2,5-7H2,1H3. The van der Waals surface area contributed by atoms with Gasteiger partial charge in [-0.25, -0.2) is 0 Å². The van der Waals surface area contributed by atoms with E-state index >= 15 is 0 Å². The van der Waals surface area contributed by atoms with Crippen LogP contribution in [0.2, 0.25) is 0 Å². The van der Waals surface area contributed by atoms with E-state index in [1.54, 1.807) is 11.3 Å². The maximum absolute atomic E-state index is 4.24. The molecule has 3 rings (SSSR count). The van der Waals surface area contributed by atoms with Gasteiger partial charge in [-0.15, -0.1) is 11.3 Å². The van der Waals surface area contributed by atoms with Crippen molar-refractivity contribution >= 4 is 11.3 Å². The molecule has 1 aliphatic rings. The van der Waals surface area contributed by atoms with Crippen LogP contribution in [-0.2, 0) is 0 Å². The molecule has 1 saturated carbocycles. The summed E-state index contributed by atoms with van der Waals surface area (Å²) in [7, 11) is 0. The molecule has 1 aromatic carbocycles. The zero-order chi connectivity index (χ0) is 13.1. The number of rotatable bonds is 5. The largest absolute Gasteiger partial charge is 0.306 e. The Hall–Kier alpha value is -1.19. The molecular weight excluding hydrogens is 252 g/mol. The van der Waals surface area contributed by atoms with Crippen molar-refractivity contribution in [3.63, 3.8) is 0 Å². The van der Waals surface area contributed by atoms with Crippen molar-refractivity contribution in [2.45, 2.75) is 38.1 Å². The van der Waals surface area contributed by atoms with Gasteiger partial charge in [-0.2, -0.15) is 0 Å². The number of hydrogen-bond donors (Lipinski definition) is 1. The van der Waals surface area contributed by atoms with Gasteiger partial charge in [0, 0.05) is 11.1 Å². The SMILES string of the molecule is CCNC(c1cncs1)c1ccccc1C1CCC1. The summed E-state index contributed by atoms with van der Waals surface area (Å²) in [4.78, 5) is 5.55. The highest BCUT2D eigenvalue weighted by Crippen LogP contribution is 2.40. The van der Waals surface area contributed by atoms with Crippen LogP contribution in [0, 0.1) is 0 Å².